The average molecular weight is 429 g/mol. The molecule has 1 heterocycles. The molecule has 3 aromatic rings. The van der Waals surface area contributed by atoms with Gasteiger partial charge in [-0.3, -0.25) is 4.79 Å². The minimum absolute atomic E-state index is 0.0155. The third kappa shape index (κ3) is 4.04. The number of nitrogens with zero attached hydrogens (tertiary/aromatic N) is 2. The third-order valence-electron chi connectivity index (χ3n) is 4.10. The van der Waals surface area contributed by atoms with Crippen molar-refractivity contribution < 1.29 is 14.3 Å². The topological polar surface area (TPSA) is 110 Å². The summed E-state index contributed by atoms with van der Waals surface area (Å²) in [6.07, 6.45) is 1.43. The first-order chi connectivity index (χ1) is 13.8. The highest BCUT2D eigenvalue weighted by molar-refractivity contribution is 6.37. The molecule has 0 aliphatic rings. The Labute approximate surface area is 176 Å². The van der Waals surface area contributed by atoms with Gasteiger partial charge in [0.15, 0.2) is 5.69 Å². The van der Waals surface area contributed by atoms with Crippen molar-refractivity contribution in [2.75, 3.05) is 18.2 Å². The molecule has 7 nitrogen and oxygen atoms in total. The summed E-state index contributed by atoms with van der Waals surface area (Å²) in [6.45, 7) is 0. The number of esters is 1. The maximum absolute atomic E-state index is 12.5. The lowest BCUT2D eigenvalue weighted by Crippen LogP contribution is -2.13. The number of nitriles is 1. The molecule has 0 saturated carbocycles. The molecular formula is C20H14Cl2N4O3. The smallest absolute Gasteiger partial charge is 0.357 e. The monoisotopic (exact) mass is 428 g/mol. The molecule has 0 unspecified atom stereocenters. The fraction of sp³-hybridized carbons (Fsp3) is 0.0500. The Bertz CT molecular complexity index is 1170. The second-order valence-electron chi connectivity index (χ2n) is 5.91. The number of carbonyl (C=O) groups is 2. The van der Waals surface area contributed by atoms with Gasteiger partial charge in [-0.05, 0) is 36.4 Å². The molecule has 0 atom stereocenters. The highest BCUT2D eigenvalue weighted by Gasteiger charge is 2.22. The van der Waals surface area contributed by atoms with Crippen molar-refractivity contribution in [3.05, 3.63) is 75.5 Å². The fourth-order valence-corrected chi connectivity index (χ4v) is 3.22. The van der Waals surface area contributed by atoms with Crippen molar-refractivity contribution in [2.45, 2.75) is 0 Å². The number of aromatic nitrogens is 1. The fourth-order valence-electron chi connectivity index (χ4n) is 2.72. The first-order valence-corrected chi connectivity index (χ1v) is 8.97. The Kier molecular flexibility index (Phi) is 5.78. The molecule has 0 bridgehead atoms. The quantitative estimate of drug-likeness (QED) is 0.602. The zero-order valence-electron chi connectivity index (χ0n) is 15.1. The van der Waals surface area contributed by atoms with Crippen molar-refractivity contribution in [1.29, 1.82) is 5.26 Å². The maximum atomic E-state index is 12.5. The number of methoxy groups -OCH3 is 1. The molecule has 3 N–H and O–H groups in total. The van der Waals surface area contributed by atoms with E-state index in [0.29, 0.717) is 16.4 Å². The molecule has 9 heteroatoms. The van der Waals surface area contributed by atoms with Crippen molar-refractivity contribution in [3.8, 4) is 11.8 Å². The zero-order valence-corrected chi connectivity index (χ0v) is 16.6. The predicted molar refractivity (Wildman–Crippen MR) is 111 cm³/mol. The van der Waals surface area contributed by atoms with Gasteiger partial charge < -0.3 is 20.4 Å². The lowest BCUT2D eigenvalue weighted by molar-refractivity contribution is 0.0593. The molecule has 0 fully saturated rings. The number of halogens is 2. The number of ether oxygens (including phenoxy) is 1. The number of rotatable bonds is 4. The Morgan fingerprint density at radius 1 is 1.21 bits per heavy atom. The lowest BCUT2D eigenvalue weighted by atomic mass is 10.2. The van der Waals surface area contributed by atoms with Crippen LogP contribution in [0.1, 0.15) is 26.4 Å². The Balaban J connectivity index is 1.98. The minimum Gasteiger partial charge on any atom is -0.464 e. The maximum Gasteiger partial charge on any atom is 0.357 e. The molecule has 2 aromatic carbocycles. The molecule has 1 amide bonds. The van der Waals surface area contributed by atoms with Crippen LogP contribution in [0.2, 0.25) is 10.0 Å². The van der Waals surface area contributed by atoms with E-state index in [2.05, 4.69) is 5.32 Å². The standard InChI is InChI=1S/C20H14Cl2N4O3/c1-29-20(28)18-17(24)11(9-23)10-26(18)14-4-2-3-13(8-14)25-19(27)15-6-5-12(21)7-16(15)22/h2-8,10H,24H2,1H3,(H,25,27). The van der Waals surface area contributed by atoms with Crippen LogP contribution in [0.15, 0.2) is 48.7 Å². The lowest BCUT2D eigenvalue weighted by Gasteiger charge is -2.11. The zero-order chi connectivity index (χ0) is 21.1. The van der Waals surface area contributed by atoms with Crippen molar-refractivity contribution in [2.24, 2.45) is 0 Å². The van der Waals surface area contributed by atoms with Gasteiger partial charge in [0.05, 0.1) is 28.9 Å². The van der Waals surface area contributed by atoms with Crippen LogP contribution in [0.25, 0.3) is 5.69 Å². The Morgan fingerprint density at radius 2 is 1.97 bits per heavy atom. The van der Waals surface area contributed by atoms with Gasteiger partial charge in [-0.15, -0.1) is 0 Å². The molecule has 0 aliphatic carbocycles. The van der Waals surface area contributed by atoms with Crippen molar-refractivity contribution >= 4 is 46.5 Å². The summed E-state index contributed by atoms with van der Waals surface area (Å²) in [4.78, 5) is 24.7. The van der Waals surface area contributed by atoms with Gasteiger partial charge in [0.2, 0.25) is 0 Å². The molecule has 146 valence electrons. The SMILES string of the molecule is COC(=O)c1c(N)c(C#N)cn1-c1cccc(NC(=O)c2ccc(Cl)cc2Cl)c1. The van der Waals surface area contributed by atoms with Crippen LogP contribution < -0.4 is 11.1 Å². The summed E-state index contributed by atoms with van der Waals surface area (Å²) in [5.41, 5.74) is 7.28. The summed E-state index contributed by atoms with van der Waals surface area (Å²) in [5.74, 6) is -1.12. The van der Waals surface area contributed by atoms with E-state index in [1.165, 1.54) is 30.0 Å². The predicted octanol–water partition coefficient (Wildman–Crippen LogP) is 4.28. The van der Waals surface area contributed by atoms with Crippen LogP contribution >= 0.6 is 23.2 Å². The molecule has 0 radical (unpaired) electrons. The van der Waals surface area contributed by atoms with Gasteiger partial charge in [-0.2, -0.15) is 5.26 Å². The van der Waals surface area contributed by atoms with E-state index in [1.807, 2.05) is 6.07 Å². The average Bonchev–Trinajstić information content (AvgIpc) is 3.03. The van der Waals surface area contributed by atoms with Gasteiger partial charge in [0.25, 0.3) is 5.91 Å². The van der Waals surface area contributed by atoms with Crippen LogP contribution in [0.4, 0.5) is 11.4 Å². The summed E-state index contributed by atoms with van der Waals surface area (Å²) < 4.78 is 6.20. The highest BCUT2D eigenvalue weighted by Crippen LogP contribution is 2.27. The number of amides is 1. The largest absolute Gasteiger partial charge is 0.464 e. The molecule has 1 aromatic heterocycles. The first-order valence-electron chi connectivity index (χ1n) is 8.21. The summed E-state index contributed by atoms with van der Waals surface area (Å²) in [6, 6.07) is 13.2. The number of anilines is 2. The van der Waals surface area contributed by atoms with Crippen LogP contribution in [-0.2, 0) is 4.74 Å². The van der Waals surface area contributed by atoms with Gasteiger partial charge in [-0.25, -0.2) is 4.79 Å². The van der Waals surface area contributed by atoms with E-state index in [-0.39, 0.29) is 27.5 Å². The van der Waals surface area contributed by atoms with E-state index in [0.717, 1.165) is 0 Å². The summed E-state index contributed by atoms with van der Waals surface area (Å²) in [7, 11) is 1.22. The summed E-state index contributed by atoms with van der Waals surface area (Å²) >= 11 is 11.9. The number of hydrogen-bond donors (Lipinski definition) is 2. The van der Waals surface area contributed by atoms with Gasteiger partial charge in [0.1, 0.15) is 6.07 Å². The molecule has 3 rings (SSSR count). The minimum atomic E-state index is -0.689. The normalized spacial score (nSPS) is 10.3. The second kappa shape index (κ2) is 8.27. The summed E-state index contributed by atoms with van der Waals surface area (Å²) in [5, 5.41) is 12.6. The van der Waals surface area contributed by atoms with Crippen LogP contribution in [0, 0.1) is 11.3 Å². The number of nitrogens with one attached hydrogen (secondary N) is 1. The number of benzene rings is 2. The van der Waals surface area contributed by atoms with Crippen molar-refractivity contribution in [3.63, 3.8) is 0 Å². The van der Waals surface area contributed by atoms with E-state index < -0.39 is 11.9 Å². The molecule has 29 heavy (non-hydrogen) atoms. The Morgan fingerprint density at radius 3 is 2.62 bits per heavy atom. The van der Waals surface area contributed by atoms with Crippen LogP contribution in [0.5, 0.6) is 0 Å². The third-order valence-corrected chi connectivity index (χ3v) is 4.65. The molecule has 0 saturated heterocycles. The van der Waals surface area contributed by atoms with Crippen LogP contribution in [0.3, 0.4) is 0 Å². The molecular weight excluding hydrogens is 415 g/mol. The van der Waals surface area contributed by atoms with Crippen molar-refractivity contribution in [1.82, 2.24) is 4.57 Å². The Hall–Kier alpha value is -3.47. The molecule has 0 spiro atoms. The first kappa shape index (κ1) is 20.3. The number of nitrogen functional groups attached to an aromatic ring is 1. The van der Waals surface area contributed by atoms with Gasteiger partial charge in [0, 0.05) is 22.6 Å². The number of hydrogen-bond acceptors (Lipinski definition) is 5. The number of carbonyl (C=O) groups excluding carboxylic acids is 2. The second-order valence-corrected chi connectivity index (χ2v) is 6.75. The highest BCUT2D eigenvalue weighted by atomic mass is 35.5. The molecule has 0 aliphatic heterocycles. The van der Waals surface area contributed by atoms with E-state index in [9.17, 15) is 14.9 Å². The van der Waals surface area contributed by atoms with E-state index >= 15 is 0 Å². The van der Waals surface area contributed by atoms with E-state index in [1.54, 1.807) is 30.3 Å². The van der Waals surface area contributed by atoms with Gasteiger partial charge >= 0.3 is 5.97 Å². The number of nitrogens with two attached hydrogens (primary N) is 1. The van der Waals surface area contributed by atoms with Crippen LogP contribution in [-0.4, -0.2) is 23.6 Å². The van der Waals surface area contributed by atoms with E-state index in [4.69, 9.17) is 33.7 Å². The van der Waals surface area contributed by atoms with Gasteiger partial charge in [-0.1, -0.05) is 29.3 Å².